The van der Waals surface area contributed by atoms with Crippen LogP contribution in [0.15, 0.2) is 60.9 Å². The summed E-state index contributed by atoms with van der Waals surface area (Å²) in [6.07, 6.45) is 1.27. The van der Waals surface area contributed by atoms with Crippen molar-refractivity contribution in [2.75, 3.05) is 25.6 Å². The lowest BCUT2D eigenvalue weighted by Crippen LogP contribution is -2.28. The van der Waals surface area contributed by atoms with Gasteiger partial charge in [-0.15, -0.1) is 0 Å². The Labute approximate surface area is 161 Å². The van der Waals surface area contributed by atoms with Crippen molar-refractivity contribution in [2.24, 2.45) is 0 Å². The number of ether oxygens (including phenoxy) is 2. The topological polar surface area (TPSA) is 85.4 Å². The number of amides is 1. The van der Waals surface area contributed by atoms with Crippen LogP contribution in [-0.4, -0.2) is 36.1 Å². The highest BCUT2D eigenvalue weighted by Gasteiger charge is 2.09. The van der Waals surface area contributed by atoms with Crippen LogP contribution in [0.1, 0.15) is 10.5 Å². The molecule has 0 aliphatic heterocycles. The smallest absolute Gasteiger partial charge is 0.270 e. The summed E-state index contributed by atoms with van der Waals surface area (Å²) in [6.45, 7) is 0.610. The molecular formula is C20H19FN4O3. The second-order valence-corrected chi connectivity index (χ2v) is 5.70. The second-order valence-electron chi connectivity index (χ2n) is 5.70. The van der Waals surface area contributed by atoms with Gasteiger partial charge in [-0.25, -0.2) is 14.4 Å². The molecule has 0 aliphatic rings. The van der Waals surface area contributed by atoms with E-state index in [1.54, 1.807) is 43.5 Å². The predicted molar refractivity (Wildman–Crippen MR) is 103 cm³/mol. The highest BCUT2D eigenvalue weighted by atomic mass is 19.1. The molecule has 2 N–H and O–H groups in total. The molecule has 2 aromatic carbocycles. The van der Waals surface area contributed by atoms with Crippen LogP contribution in [-0.2, 0) is 0 Å². The second kappa shape index (κ2) is 9.31. The number of nitrogens with one attached hydrogen (secondary N) is 2. The van der Waals surface area contributed by atoms with Crippen molar-refractivity contribution in [2.45, 2.75) is 0 Å². The zero-order chi connectivity index (χ0) is 19.8. The molecule has 0 unspecified atom stereocenters. The molecule has 144 valence electrons. The Morgan fingerprint density at radius 1 is 1.07 bits per heavy atom. The van der Waals surface area contributed by atoms with Crippen molar-refractivity contribution < 1.29 is 18.7 Å². The number of aromatic nitrogens is 2. The summed E-state index contributed by atoms with van der Waals surface area (Å²) in [5.74, 6) is 1.09. The number of hydrogen-bond acceptors (Lipinski definition) is 6. The maximum absolute atomic E-state index is 13.3. The van der Waals surface area contributed by atoms with E-state index in [0.29, 0.717) is 30.4 Å². The minimum atomic E-state index is -0.367. The number of anilines is 2. The van der Waals surface area contributed by atoms with E-state index in [1.165, 1.54) is 24.5 Å². The fraction of sp³-hybridized carbons (Fsp3) is 0.150. The highest BCUT2D eigenvalue weighted by Crippen LogP contribution is 2.17. The zero-order valence-electron chi connectivity index (χ0n) is 15.2. The minimum absolute atomic E-state index is 0.193. The SMILES string of the molecule is COc1ccc(OCCNC(=O)c2cc(Nc3cccc(F)c3)ncn2)cc1. The summed E-state index contributed by atoms with van der Waals surface area (Å²) in [6, 6.07) is 14.6. The number of halogens is 1. The fourth-order valence-corrected chi connectivity index (χ4v) is 2.36. The maximum atomic E-state index is 13.3. The van der Waals surface area contributed by atoms with Gasteiger partial charge in [-0.3, -0.25) is 4.79 Å². The molecule has 3 aromatic rings. The van der Waals surface area contributed by atoms with Gasteiger partial charge in [0.25, 0.3) is 5.91 Å². The molecule has 0 spiro atoms. The van der Waals surface area contributed by atoms with Gasteiger partial charge < -0.3 is 20.1 Å². The van der Waals surface area contributed by atoms with Crippen LogP contribution in [0.25, 0.3) is 0 Å². The van der Waals surface area contributed by atoms with E-state index in [2.05, 4.69) is 20.6 Å². The lowest BCUT2D eigenvalue weighted by molar-refractivity contribution is 0.0942. The number of benzene rings is 2. The molecule has 0 saturated carbocycles. The van der Waals surface area contributed by atoms with Crippen molar-refractivity contribution in [1.82, 2.24) is 15.3 Å². The first-order valence-corrected chi connectivity index (χ1v) is 8.54. The van der Waals surface area contributed by atoms with Crippen LogP contribution in [0.5, 0.6) is 11.5 Å². The first-order chi connectivity index (χ1) is 13.6. The van der Waals surface area contributed by atoms with Crippen molar-refractivity contribution in [3.05, 3.63) is 72.4 Å². The molecule has 1 heterocycles. The van der Waals surface area contributed by atoms with E-state index in [9.17, 15) is 9.18 Å². The number of carbonyl (C=O) groups is 1. The molecule has 3 rings (SSSR count). The van der Waals surface area contributed by atoms with Gasteiger partial charge in [-0.1, -0.05) is 6.07 Å². The standard InChI is InChI=1S/C20H19FN4O3/c1-27-16-5-7-17(8-6-16)28-10-9-22-20(26)18-12-19(24-13-23-18)25-15-4-2-3-14(21)11-15/h2-8,11-13H,9-10H2,1H3,(H,22,26)(H,23,24,25). The molecular weight excluding hydrogens is 363 g/mol. The van der Waals surface area contributed by atoms with Crippen LogP contribution in [0.3, 0.4) is 0 Å². The number of hydrogen-bond donors (Lipinski definition) is 2. The third kappa shape index (κ3) is 5.41. The lowest BCUT2D eigenvalue weighted by atomic mass is 10.3. The molecule has 1 aromatic heterocycles. The summed E-state index contributed by atoms with van der Waals surface area (Å²) in [5, 5.41) is 5.66. The van der Waals surface area contributed by atoms with Crippen molar-refractivity contribution in [1.29, 1.82) is 0 Å². The van der Waals surface area contributed by atoms with Gasteiger partial charge >= 0.3 is 0 Å². The Morgan fingerprint density at radius 2 is 1.86 bits per heavy atom. The minimum Gasteiger partial charge on any atom is -0.497 e. The summed E-state index contributed by atoms with van der Waals surface area (Å²) in [5.41, 5.74) is 0.719. The maximum Gasteiger partial charge on any atom is 0.270 e. The fourth-order valence-electron chi connectivity index (χ4n) is 2.36. The molecule has 7 nitrogen and oxygen atoms in total. The normalized spacial score (nSPS) is 10.2. The Morgan fingerprint density at radius 3 is 2.61 bits per heavy atom. The van der Waals surface area contributed by atoms with Gasteiger partial charge in [0.05, 0.1) is 13.7 Å². The Balaban J connectivity index is 1.50. The molecule has 0 saturated heterocycles. The van der Waals surface area contributed by atoms with Gasteiger partial charge in [0.1, 0.15) is 41.8 Å². The van der Waals surface area contributed by atoms with E-state index < -0.39 is 0 Å². The van der Waals surface area contributed by atoms with E-state index in [4.69, 9.17) is 9.47 Å². The first-order valence-electron chi connectivity index (χ1n) is 8.54. The number of methoxy groups -OCH3 is 1. The summed E-state index contributed by atoms with van der Waals surface area (Å²) in [7, 11) is 1.59. The molecule has 0 aliphatic carbocycles. The van der Waals surface area contributed by atoms with Gasteiger partial charge in [-0.05, 0) is 42.5 Å². The van der Waals surface area contributed by atoms with E-state index in [1.807, 2.05) is 0 Å². The van der Waals surface area contributed by atoms with E-state index in [-0.39, 0.29) is 17.4 Å². The summed E-state index contributed by atoms with van der Waals surface area (Å²) >= 11 is 0. The third-order valence-corrected chi connectivity index (χ3v) is 3.71. The molecule has 0 fully saturated rings. The molecule has 28 heavy (non-hydrogen) atoms. The van der Waals surface area contributed by atoms with Gasteiger partial charge in [0.2, 0.25) is 0 Å². The van der Waals surface area contributed by atoms with Crippen LogP contribution in [0, 0.1) is 5.82 Å². The van der Waals surface area contributed by atoms with Crippen molar-refractivity contribution in [3.8, 4) is 11.5 Å². The zero-order valence-corrected chi connectivity index (χ0v) is 15.2. The molecule has 8 heteroatoms. The Bertz CT molecular complexity index is 935. The van der Waals surface area contributed by atoms with Gasteiger partial charge in [0.15, 0.2) is 0 Å². The quantitative estimate of drug-likeness (QED) is 0.582. The monoisotopic (exact) mass is 382 g/mol. The number of carbonyl (C=O) groups excluding carboxylic acids is 1. The molecule has 0 atom stereocenters. The van der Waals surface area contributed by atoms with Crippen LogP contribution < -0.4 is 20.1 Å². The lowest BCUT2D eigenvalue weighted by Gasteiger charge is -2.09. The van der Waals surface area contributed by atoms with Crippen LogP contribution in [0.2, 0.25) is 0 Å². The third-order valence-electron chi connectivity index (χ3n) is 3.71. The molecule has 1 amide bonds. The Hall–Kier alpha value is -3.68. The van der Waals surface area contributed by atoms with Crippen LogP contribution in [0.4, 0.5) is 15.9 Å². The van der Waals surface area contributed by atoms with Crippen LogP contribution >= 0.6 is 0 Å². The summed E-state index contributed by atoms with van der Waals surface area (Å²) in [4.78, 5) is 20.2. The van der Waals surface area contributed by atoms with Crippen molar-refractivity contribution >= 4 is 17.4 Å². The van der Waals surface area contributed by atoms with Gasteiger partial charge in [-0.2, -0.15) is 0 Å². The average molecular weight is 382 g/mol. The Kier molecular flexibility index (Phi) is 6.35. The van der Waals surface area contributed by atoms with E-state index >= 15 is 0 Å². The highest BCUT2D eigenvalue weighted by molar-refractivity contribution is 5.92. The average Bonchev–Trinajstić information content (AvgIpc) is 2.72. The largest absolute Gasteiger partial charge is 0.497 e. The molecule has 0 radical (unpaired) electrons. The summed E-state index contributed by atoms with van der Waals surface area (Å²) < 4.78 is 23.9. The number of nitrogens with zero attached hydrogens (tertiary/aromatic N) is 2. The van der Waals surface area contributed by atoms with E-state index in [0.717, 1.165) is 5.75 Å². The van der Waals surface area contributed by atoms with Crippen molar-refractivity contribution in [3.63, 3.8) is 0 Å². The number of rotatable bonds is 8. The molecule has 0 bridgehead atoms. The first kappa shape index (κ1) is 19.1. The predicted octanol–water partition coefficient (Wildman–Crippen LogP) is 3.18. The van der Waals surface area contributed by atoms with Gasteiger partial charge in [0, 0.05) is 11.8 Å².